The van der Waals surface area contributed by atoms with Gasteiger partial charge < -0.3 is 15.2 Å². The molecule has 0 atom stereocenters. The predicted molar refractivity (Wildman–Crippen MR) is 78.5 cm³/mol. The van der Waals surface area contributed by atoms with Crippen molar-refractivity contribution in [1.29, 1.82) is 0 Å². The van der Waals surface area contributed by atoms with E-state index < -0.39 is 11.4 Å². The SMILES string of the molecule is COc1cc(C2(C(=O)NCC(=O)O)CCCC2)ccc1C. The molecule has 0 spiro atoms. The van der Waals surface area contributed by atoms with Crippen molar-refractivity contribution in [1.82, 2.24) is 5.32 Å². The standard InChI is InChI=1S/C16H21NO4/c1-11-5-6-12(9-13(11)21-2)16(7-3-4-8-16)15(20)17-10-14(18)19/h5-6,9H,3-4,7-8,10H2,1-2H3,(H,17,20)(H,18,19). The second-order valence-electron chi connectivity index (χ2n) is 5.55. The van der Waals surface area contributed by atoms with E-state index >= 15 is 0 Å². The van der Waals surface area contributed by atoms with Gasteiger partial charge in [0.15, 0.2) is 0 Å². The van der Waals surface area contributed by atoms with Gasteiger partial charge in [-0.1, -0.05) is 25.0 Å². The molecule has 21 heavy (non-hydrogen) atoms. The minimum absolute atomic E-state index is 0.201. The molecule has 1 saturated carbocycles. The van der Waals surface area contributed by atoms with E-state index in [4.69, 9.17) is 9.84 Å². The minimum atomic E-state index is -1.03. The fraction of sp³-hybridized carbons (Fsp3) is 0.500. The van der Waals surface area contributed by atoms with Crippen molar-refractivity contribution in [3.63, 3.8) is 0 Å². The smallest absolute Gasteiger partial charge is 0.322 e. The number of carboxylic acids is 1. The van der Waals surface area contributed by atoms with Gasteiger partial charge in [0.2, 0.25) is 5.91 Å². The first-order valence-electron chi connectivity index (χ1n) is 7.15. The molecular formula is C16H21NO4. The number of methoxy groups -OCH3 is 1. The van der Waals surface area contributed by atoms with Crippen LogP contribution in [-0.4, -0.2) is 30.6 Å². The molecule has 5 heteroatoms. The lowest BCUT2D eigenvalue weighted by molar-refractivity contribution is -0.138. The summed E-state index contributed by atoms with van der Waals surface area (Å²) in [7, 11) is 1.61. The van der Waals surface area contributed by atoms with E-state index in [2.05, 4.69) is 5.32 Å². The highest BCUT2D eigenvalue weighted by atomic mass is 16.5. The molecule has 1 aromatic carbocycles. The van der Waals surface area contributed by atoms with Gasteiger partial charge in [-0.3, -0.25) is 9.59 Å². The quantitative estimate of drug-likeness (QED) is 0.870. The predicted octanol–water partition coefficient (Wildman–Crippen LogP) is 2.02. The second-order valence-corrected chi connectivity index (χ2v) is 5.55. The van der Waals surface area contributed by atoms with Gasteiger partial charge in [-0.15, -0.1) is 0 Å². The average molecular weight is 291 g/mol. The summed E-state index contributed by atoms with van der Waals surface area (Å²) in [6, 6.07) is 5.79. The summed E-state index contributed by atoms with van der Waals surface area (Å²) in [6.45, 7) is 1.61. The van der Waals surface area contributed by atoms with Crippen LogP contribution in [0.5, 0.6) is 5.75 Å². The van der Waals surface area contributed by atoms with Crippen LogP contribution in [-0.2, 0) is 15.0 Å². The molecule has 0 aromatic heterocycles. The molecule has 0 unspecified atom stereocenters. The number of carboxylic acid groups (broad SMARTS) is 1. The van der Waals surface area contributed by atoms with E-state index in [9.17, 15) is 9.59 Å². The van der Waals surface area contributed by atoms with Gasteiger partial charge in [0.05, 0.1) is 12.5 Å². The summed E-state index contributed by atoms with van der Waals surface area (Å²) in [5.74, 6) is -0.476. The van der Waals surface area contributed by atoms with Crippen LogP contribution in [0.2, 0.25) is 0 Å². The van der Waals surface area contributed by atoms with Gasteiger partial charge in [0.25, 0.3) is 0 Å². The maximum absolute atomic E-state index is 12.5. The van der Waals surface area contributed by atoms with Crippen LogP contribution in [0, 0.1) is 6.92 Å². The number of nitrogens with one attached hydrogen (secondary N) is 1. The van der Waals surface area contributed by atoms with Gasteiger partial charge in [-0.2, -0.15) is 0 Å². The highest BCUT2D eigenvalue weighted by molar-refractivity contribution is 5.90. The summed E-state index contributed by atoms with van der Waals surface area (Å²) in [4.78, 5) is 23.2. The molecule has 5 nitrogen and oxygen atoms in total. The Balaban J connectivity index is 2.33. The van der Waals surface area contributed by atoms with Crippen LogP contribution in [0.1, 0.15) is 36.8 Å². The van der Waals surface area contributed by atoms with Crippen LogP contribution in [0.3, 0.4) is 0 Å². The van der Waals surface area contributed by atoms with E-state index in [1.165, 1.54) is 0 Å². The van der Waals surface area contributed by atoms with E-state index in [0.717, 1.165) is 42.6 Å². The zero-order chi connectivity index (χ0) is 15.5. The van der Waals surface area contributed by atoms with Crippen molar-refractivity contribution in [3.8, 4) is 5.75 Å². The molecule has 0 saturated heterocycles. The molecule has 0 radical (unpaired) electrons. The third-order valence-corrected chi connectivity index (χ3v) is 4.25. The first-order chi connectivity index (χ1) is 9.99. The zero-order valence-electron chi connectivity index (χ0n) is 12.4. The zero-order valence-corrected chi connectivity index (χ0v) is 12.4. The summed E-state index contributed by atoms with van der Waals surface area (Å²) in [6.07, 6.45) is 3.42. The van der Waals surface area contributed by atoms with E-state index in [1.54, 1.807) is 7.11 Å². The molecule has 0 bridgehead atoms. The number of hydrogen-bond donors (Lipinski definition) is 2. The van der Waals surface area contributed by atoms with Gasteiger partial charge in [-0.05, 0) is 37.0 Å². The Morgan fingerprint density at radius 1 is 1.33 bits per heavy atom. The van der Waals surface area contributed by atoms with Crippen molar-refractivity contribution in [2.24, 2.45) is 0 Å². The molecule has 114 valence electrons. The summed E-state index contributed by atoms with van der Waals surface area (Å²) < 4.78 is 5.34. The Morgan fingerprint density at radius 3 is 2.57 bits per heavy atom. The van der Waals surface area contributed by atoms with Gasteiger partial charge >= 0.3 is 5.97 Å². The first-order valence-corrected chi connectivity index (χ1v) is 7.15. The molecular weight excluding hydrogens is 270 g/mol. The largest absolute Gasteiger partial charge is 0.496 e. The Labute approximate surface area is 124 Å². The Kier molecular flexibility index (Phi) is 4.50. The fourth-order valence-corrected chi connectivity index (χ4v) is 3.07. The maximum Gasteiger partial charge on any atom is 0.322 e. The summed E-state index contributed by atoms with van der Waals surface area (Å²) in [5, 5.41) is 11.3. The molecule has 1 aromatic rings. The number of hydrogen-bond acceptors (Lipinski definition) is 3. The maximum atomic E-state index is 12.5. The van der Waals surface area contributed by atoms with Gasteiger partial charge in [-0.25, -0.2) is 0 Å². The molecule has 1 aliphatic rings. The normalized spacial score (nSPS) is 16.5. The van der Waals surface area contributed by atoms with E-state index in [0.29, 0.717) is 0 Å². The monoisotopic (exact) mass is 291 g/mol. The second kappa shape index (κ2) is 6.16. The third kappa shape index (κ3) is 3.01. The molecule has 0 heterocycles. The lowest BCUT2D eigenvalue weighted by Crippen LogP contribution is -2.44. The molecule has 0 aliphatic heterocycles. The minimum Gasteiger partial charge on any atom is -0.496 e. The summed E-state index contributed by atoms with van der Waals surface area (Å²) in [5.41, 5.74) is 1.29. The lowest BCUT2D eigenvalue weighted by atomic mass is 9.77. The Hall–Kier alpha value is -2.04. The molecule has 1 amide bonds. The number of aryl methyl sites for hydroxylation is 1. The number of rotatable bonds is 5. The lowest BCUT2D eigenvalue weighted by Gasteiger charge is -2.28. The summed E-state index contributed by atoms with van der Waals surface area (Å²) >= 11 is 0. The number of carbonyl (C=O) groups is 2. The molecule has 1 aliphatic carbocycles. The highest BCUT2D eigenvalue weighted by Gasteiger charge is 2.42. The van der Waals surface area contributed by atoms with Crippen molar-refractivity contribution >= 4 is 11.9 Å². The van der Waals surface area contributed by atoms with E-state index in [-0.39, 0.29) is 12.5 Å². The van der Waals surface area contributed by atoms with E-state index in [1.807, 2.05) is 25.1 Å². The number of benzene rings is 1. The number of aliphatic carboxylic acids is 1. The van der Waals surface area contributed by atoms with Crippen molar-refractivity contribution in [2.45, 2.75) is 38.0 Å². The van der Waals surface area contributed by atoms with Crippen LogP contribution in [0.25, 0.3) is 0 Å². The number of carbonyl (C=O) groups excluding carboxylic acids is 1. The molecule has 2 N–H and O–H groups in total. The number of amides is 1. The first kappa shape index (κ1) is 15.4. The molecule has 1 fully saturated rings. The fourth-order valence-electron chi connectivity index (χ4n) is 3.07. The van der Waals surface area contributed by atoms with Gasteiger partial charge in [0, 0.05) is 0 Å². The topological polar surface area (TPSA) is 75.6 Å². The number of ether oxygens (including phenoxy) is 1. The van der Waals surface area contributed by atoms with Crippen molar-refractivity contribution in [3.05, 3.63) is 29.3 Å². The van der Waals surface area contributed by atoms with Crippen molar-refractivity contribution in [2.75, 3.05) is 13.7 Å². The van der Waals surface area contributed by atoms with Crippen LogP contribution in [0.4, 0.5) is 0 Å². The Bertz CT molecular complexity index is 547. The average Bonchev–Trinajstić information content (AvgIpc) is 2.96. The third-order valence-electron chi connectivity index (χ3n) is 4.25. The van der Waals surface area contributed by atoms with Gasteiger partial charge in [0.1, 0.15) is 12.3 Å². The highest BCUT2D eigenvalue weighted by Crippen LogP contribution is 2.42. The van der Waals surface area contributed by atoms with Crippen LogP contribution in [0.15, 0.2) is 18.2 Å². The van der Waals surface area contributed by atoms with Crippen LogP contribution >= 0.6 is 0 Å². The Morgan fingerprint density at radius 2 is 2.00 bits per heavy atom. The molecule has 2 rings (SSSR count). The van der Waals surface area contributed by atoms with Crippen molar-refractivity contribution < 1.29 is 19.4 Å². The van der Waals surface area contributed by atoms with Crippen LogP contribution < -0.4 is 10.1 Å².